The lowest BCUT2D eigenvalue weighted by molar-refractivity contribution is 0.0663. The molecule has 0 saturated carbocycles. The number of rotatable bonds is 5. The molecule has 1 heterocycles. The van der Waals surface area contributed by atoms with Gasteiger partial charge in [-0.3, -0.25) is 9.59 Å². The topological polar surface area (TPSA) is 40.6 Å². The molecule has 0 radical (unpaired) electrons. The summed E-state index contributed by atoms with van der Waals surface area (Å²) < 4.78 is 0. The SMILES string of the molecule is CCCCC(=O)c1ccc(C(=O)N2CCN(C)CC2)cc1. The van der Waals surface area contributed by atoms with Gasteiger partial charge in [0.25, 0.3) is 5.91 Å². The Morgan fingerprint density at radius 3 is 2.14 bits per heavy atom. The second-order valence-electron chi connectivity index (χ2n) is 5.70. The van der Waals surface area contributed by atoms with Crippen molar-refractivity contribution in [3.8, 4) is 0 Å². The van der Waals surface area contributed by atoms with E-state index in [9.17, 15) is 9.59 Å². The van der Waals surface area contributed by atoms with E-state index < -0.39 is 0 Å². The zero-order valence-corrected chi connectivity index (χ0v) is 13.0. The minimum absolute atomic E-state index is 0.0654. The Balaban J connectivity index is 1.98. The summed E-state index contributed by atoms with van der Waals surface area (Å²) in [6.45, 7) is 5.45. The molecule has 0 aromatic heterocycles. The zero-order valence-electron chi connectivity index (χ0n) is 13.0. The molecule has 0 spiro atoms. The van der Waals surface area contributed by atoms with Gasteiger partial charge in [-0.05, 0) is 25.6 Å². The molecular formula is C17H24N2O2. The van der Waals surface area contributed by atoms with E-state index in [0.717, 1.165) is 39.0 Å². The van der Waals surface area contributed by atoms with Crippen molar-refractivity contribution in [3.05, 3.63) is 35.4 Å². The smallest absolute Gasteiger partial charge is 0.253 e. The molecule has 1 aliphatic heterocycles. The number of Topliss-reactive ketones (excluding diaryl/α,β-unsaturated/α-hetero) is 1. The summed E-state index contributed by atoms with van der Waals surface area (Å²) in [7, 11) is 2.07. The van der Waals surface area contributed by atoms with Crippen LogP contribution in [0.2, 0.25) is 0 Å². The summed E-state index contributed by atoms with van der Waals surface area (Å²) >= 11 is 0. The zero-order chi connectivity index (χ0) is 15.2. The number of amides is 1. The largest absolute Gasteiger partial charge is 0.336 e. The molecule has 21 heavy (non-hydrogen) atoms. The highest BCUT2D eigenvalue weighted by atomic mass is 16.2. The summed E-state index contributed by atoms with van der Waals surface area (Å²) in [4.78, 5) is 28.4. The number of ketones is 1. The third-order valence-corrected chi connectivity index (χ3v) is 4.00. The summed E-state index contributed by atoms with van der Waals surface area (Å²) in [5.74, 6) is 0.228. The number of benzene rings is 1. The molecule has 0 aliphatic carbocycles. The number of unbranched alkanes of at least 4 members (excludes halogenated alkanes) is 1. The van der Waals surface area contributed by atoms with Gasteiger partial charge >= 0.3 is 0 Å². The Labute approximate surface area is 126 Å². The van der Waals surface area contributed by atoms with Gasteiger partial charge in [0.2, 0.25) is 0 Å². The number of hydrogen-bond donors (Lipinski definition) is 0. The van der Waals surface area contributed by atoms with Crippen LogP contribution in [0.4, 0.5) is 0 Å². The van der Waals surface area contributed by atoms with Crippen LogP contribution >= 0.6 is 0 Å². The van der Waals surface area contributed by atoms with Crippen LogP contribution in [0.25, 0.3) is 0 Å². The van der Waals surface area contributed by atoms with E-state index in [0.29, 0.717) is 17.5 Å². The Kier molecular flexibility index (Phi) is 5.51. The molecule has 1 aliphatic rings. The lowest BCUT2D eigenvalue weighted by Crippen LogP contribution is -2.47. The monoisotopic (exact) mass is 288 g/mol. The lowest BCUT2D eigenvalue weighted by Gasteiger charge is -2.32. The molecule has 0 N–H and O–H groups in total. The van der Waals surface area contributed by atoms with Gasteiger partial charge in [0.15, 0.2) is 5.78 Å². The highest BCUT2D eigenvalue weighted by Crippen LogP contribution is 2.12. The van der Waals surface area contributed by atoms with Crippen LogP contribution in [0.5, 0.6) is 0 Å². The van der Waals surface area contributed by atoms with Crippen LogP contribution in [0.1, 0.15) is 46.9 Å². The van der Waals surface area contributed by atoms with Gasteiger partial charge in [0.05, 0.1) is 0 Å². The van der Waals surface area contributed by atoms with Gasteiger partial charge in [0, 0.05) is 43.7 Å². The minimum Gasteiger partial charge on any atom is -0.336 e. The fraction of sp³-hybridized carbons (Fsp3) is 0.529. The van der Waals surface area contributed by atoms with Gasteiger partial charge in [-0.1, -0.05) is 25.5 Å². The van der Waals surface area contributed by atoms with Crippen LogP contribution in [0.15, 0.2) is 24.3 Å². The van der Waals surface area contributed by atoms with E-state index in [1.807, 2.05) is 4.90 Å². The van der Waals surface area contributed by atoms with Crippen LogP contribution < -0.4 is 0 Å². The second-order valence-corrected chi connectivity index (χ2v) is 5.70. The van der Waals surface area contributed by atoms with Gasteiger partial charge in [-0.25, -0.2) is 0 Å². The summed E-state index contributed by atoms with van der Waals surface area (Å²) in [6.07, 6.45) is 2.52. The Hall–Kier alpha value is -1.68. The molecule has 1 amide bonds. The van der Waals surface area contributed by atoms with Crippen LogP contribution in [0.3, 0.4) is 0 Å². The van der Waals surface area contributed by atoms with E-state index in [1.165, 1.54) is 0 Å². The van der Waals surface area contributed by atoms with Gasteiger partial charge in [-0.15, -0.1) is 0 Å². The molecule has 0 unspecified atom stereocenters. The minimum atomic E-state index is 0.0654. The first-order valence-electron chi connectivity index (χ1n) is 7.73. The van der Waals surface area contributed by atoms with Crippen molar-refractivity contribution in [2.24, 2.45) is 0 Å². The highest BCUT2D eigenvalue weighted by molar-refractivity contribution is 5.98. The van der Waals surface area contributed by atoms with Crippen LogP contribution in [0, 0.1) is 0 Å². The molecule has 114 valence electrons. The van der Waals surface area contributed by atoms with Crippen molar-refractivity contribution in [2.45, 2.75) is 26.2 Å². The Morgan fingerprint density at radius 1 is 1.00 bits per heavy atom. The quantitative estimate of drug-likeness (QED) is 0.781. The first-order valence-corrected chi connectivity index (χ1v) is 7.73. The first kappa shape index (κ1) is 15.7. The van der Waals surface area contributed by atoms with Crippen molar-refractivity contribution in [3.63, 3.8) is 0 Å². The Bertz CT molecular complexity index is 488. The fourth-order valence-electron chi connectivity index (χ4n) is 2.47. The summed E-state index contributed by atoms with van der Waals surface area (Å²) in [5.41, 5.74) is 1.38. The fourth-order valence-corrected chi connectivity index (χ4v) is 2.47. The average molecular weight is 288 g/mol. The highest BCUT2D eigenvalue weighted by Gasteiger charge is 2.20. The Morgan fingerprint density at radius 2 is 1.57 bits per heavy atom. The molecular weight excluding hydrogens is 264 g/mol. The molecule has 1 fully saturated rings. The number of likely N-dealkylation sites (N-methyl/N-ethyl adjacent to an activating group) is 1. The van der Waals surface area contributed by atoms with E-state index in [-0.39, 0.29) is 11.7 Å². The van der Waals surface area contributed by atoms with Gasteiger partial charge < -0.3 is 9.80 Å². The van der Waals surface area contributed by atoms with E-state index in [1.54, 1.807) is 24.3 Å². The van der Waals surface area contributed by atoms with Crippen molar-refractivity contribution in [1.29, 1.82) is 0 Å². The summed E-state index contributed by atoms with van der Waals surface area (Å²) in [5, 5.41) is 0. The maximum Gasteiger partial charge on any atom is 0.253 e. The molecule has 4 heteroatoms. The van der Waals surface area contributed by atoms with Gasteiger partial charge in [-0.2, -0.15) is 0 Å². The molecule has 4 nitrogen and oxygen atoms in total. The number of carbonyl (C=O) groups is 2. The van der Waals surface area contributed by atoms with E-state index in [4.69, 9.17) is 0 Å². The van der Waals surface area contributed by atoms with Crippen molar-refractivity contribution < 1.29 is 9.59 Å². The standard InChI is InChI=1S/C17H24N2O2/c1-3-4-5-16(20)14-6-8-15(9-7-14)17(21)19-12-10-18(2)11-13-19/h6-9H,3-5,10-13H2,1-2H3. The lowest BCUT2D eigenvalue weighted by atomic mass is 10.0. The average Bonchev–Trinajstić information content (AvgIpc) is 2.53. The van der Waals surface area contributed by atoms with Crippen LogP contribution in [-0.2, 0) is 0 Å². The molecule has 1 saturated heterocycles. The van der Waals surface area contributed by atoms with Crippen molar-refractivity contribution in [2.75, 3.05) is 33.2 Å². The van der Waals surface area contributed by atoms with Gasteiger partial charge in [0.1, 0.15) is 0 Å². The predicted molar refractivity (Wildman–Crippen MR) is 83.7 cm³/mol. The third-order valence-electron chi connectivity index (χ3n) is 4.00. The molecule has 2 rings (SSSR count). The molecule has 1 aromatic rings. The maximum atomic E-state index is 12.4. The first-order chi connectivity index (χ1) is 10.1. The summed E-state index contributed by atoms with van der Waals surface area (Å²) in [6, 6.07) is 7.11. The molecule has 0 bridgehead atoms. The predicted octanol–water partition coefficient (Wildman–Crippen LogP) is 2.45. The molecule has 1 aromatic carbocycles. The van der Waals surface area contributed by atoms with Crippen molar-refractivity contribution >= 4 is 11.7 Å². The molecule has 0 atom stereocenters. The van der Waals surface area contributed by atoms with Crippen molar-refractivity contribution in [1.82, 2.24) is 9.80 Å². The van der Waals surface area contributed by atoms with Crippen LogP contribution in [-0.4, -0.2) is 54.7 Å². The van der Waals surface area contributed by atoms with E-state index >= 15 is 0 Å². The van der Waals surface area contributed by atoms with E-state index in [2.05, 4.69) is 18.9 Å². The number of hydrogen-bond acceptors (Lipinski definition) is 3. The number of carbonyl (C=O) groups excluding carboxylic acids is 2. The maximum absolute atomic E-state index is 12.4. The normalized spacial score (nSPS) is 16.0. The number of nitrogens with zero attached hydrogens (tertiary/aromatic N) is 2. The number of piperazine rings is 1. The second kappa shape index (κ2) is 7.36. The third kappa shape index (κ3) is 4.14.